The Morgan fingerprint density at radius 3 is 2.82 bits per heavy atom. The van der Waals surface area contributed by atoms with Crippen LogP contribution >= 0.6 is 11.6 Å². The van der Waals surface area contributed by atoms with E-state index in [-0.39, 0.29) is 12.6 Å². The molecule has 11 heavy (non-hydrogen) atoms. The molecule has 0 radical (unpaired) electrons. The fourth-order valence-electron chi connectivity index (χ4n) is 0.895. The Morgan fingerprint density at radius 1 is 1.64 bits per heavy atom. The van der Waals surface area contributed by atoms with Gasteiger partial charge in [0.1, 0.15) is 5.15 Å². The van der Waals surface area contributed by atoms with E-state index >= 15 is 0 Å². The van der Waals surface area contributed by atoms with Crippen molar-refractivity contribution in [3.05, 3.63) is 23.0 Å². The van der Waals surface area contributed by atoms with Gasteiger partial charge in [0, 0.05) is 18.3 Å². The van der Waals surface area contributed by atoms with Crippen molar-refractivity contribution in [2.24, 2.45) is 5.73 Å². The number of aromatic nitrogens is 1. The largest absolute Gasteiger partial charge is 0.396 e. The molecule has 0 saturated carbocycles. The molecule has 3 nitrogen and oxygen atoms in total. The molecule has 0 aliphatic rings. The Hall–Kier alpha value is -0.510. The molecule has 4 N–H and O–H groups in total. The third kappa shape index (κ3) is 2.22. The Morgan fingerprint density at radius 2 is 2.36 bits per heavy atom. The predicted octanol–water partition coefficient (Wildman–Crippen LogP) is 1.05. The number of halogens is 1. The van der Waals surface area contributed by atoms with Gasteiger partial charge >= 0.3 is 0 Å². The molecule has 0 aromatic carbocycles. The number of rotatable bonds is 3. The Bertz CT molecular complexity index is 224. The molecule has 0 spiro atoms. The van der Waals surface area contributed by atoms with Crippen LogP contribution in [0, 0.1) is 0 Å². The van der Waals surface area contributed by atoms with Crippen LogP contribution in [0.2, 0.25) is 5.15 Å². The maximum atomic E-state index is 8.58. The van der Waals surface area contributed by atoms with Crippen molar-refractivity contribution in [3.63, 3.8) is 0 Å². The van der Waals surface area contributed by atoms with Crippen LogP contribution in [0.4, 0.5) is 0 Å². The highest BCUT2D eigenvalue weighted by Crippen LogP contribution is 2.15. The van der Waals surface area contributed by atoms with Crippen molar-refractivity contribution in [1.29, 1.82) is 0 Å². The first-order valence-electron chi connectivity index (χ1n) is 3.45. The molecular weight excluding hydrogens is 164 g/mol. The van der Waals surface area contributed by atoms with E-state index in [1.54, 1.807) is 6.07 Å². The van der Waals surface area contributed by atoms with E-state index in [4.69, 9.17) is 22.4 Å². The third-order valence-electron chi connectivity index (χ3n) is 1.51. The van der Waals surface area contributed by atoms with Gasteiger partial charge in [-0.15, -0.1) is 0 Å². The monoisotopic (exact) mass is 174 g/mol. The molecule has 0 amide bonds. The van der Waals surface area contributed by atoms with Gasteiger partial charge in [-0.05, 0) is 18.6 Å². The first-order chi connectivity index (χ1) is 5.24. The van der Waals surface area contributed by atoms with Crippen LogP contribution in [0.1, 0.15) is 18.2 Å². The van der Waals surface area contributed by atoms with Crippen LogP contribution in [0.25, 0.3) is 0 Å². The van der Waals surface area contributed by atoms with E-state index in [1.165, 1.54) is 0 Å². The lowest BCUT2D eigenvalue weighted by molar-refractivity contribution is 0.276. The summed E-state index contributed by atoms with van der Waals surface area (Å²) in [5.74, 6) is 0. The minimum atomic E-state index is -0.146. The number of nitrogens with one attached hydrogen (secondary N) is 1. The van der Waals surface area contributed by atoms with E-state index in [0.717, 1.165) is 5.69 Å². The van der Waals surface area contributed by atoms with Gasteiger partial charge in [0.05, 0.1) is 0 Å². The summed E-state index contributed by atoms with van der Waals surface area (Å²) in [6.45, 7) is 0.0950. The molecule has 0 bridgehead atoms. The van der Waals surface area contributed by atoms with Crippen molar-refractivity contribution >= 4 is 11.6 Å². The first kappa shape index (κ1) is 8.59. The summed E-state index contributed by atoms with van der Waals surface area (Å²) >= 11 is 5.63. The molecule has 1 atom stereocenters. The van der Waals surface area contributed by atoms with E-state index < -0.39 is 0 Å². The Labute approximate surface area is 70.2 Å². The second kappa shape index (κ2) is 3.76. The SMILES string of the molecule is N[C@H](CCO)c1ccc(Cl)[nH]1. The summed E-state index contributed by atoms with van der Waals surface area (Å²) in [5, 5.41) is 9.16. The van der Waals surface area contributed by atoms with Crippen molar-refractivity contribution in [1.82, 2.24) is 4.98 Å². The molecule has 4 heteroatoms. The van der Waals surface area contributed by atoms with E-state index in [0.29, 0.717) is 11.6 Å². The second-order valence-electron chi connectivity index (χ2n) is 2.38. The van der Waals surface area contributed by atoms with Crippen LogP contribution in [0.15, 0.2) is 12.1 Å². The van der Waals surface area contributed by atoms with Crippen LogP contribution in [0.5, 0.6) is 0 Å². The lowest BCUT2D eigenvalue weighted by atomic mass is 10.2. The normalized spacial score (nSPS) is 13.4. The number of aromatic amines is 1. The molecule has 1 aromatic rings. The van der Waals surface area contributed by atoms with E-state index in [2.05, 4.69) is 4.98 Å². The maximum absolute atomic E-state index is 8.58. The standard InChI is InChI=1S/C7H11ClN2O/c8-7-2-1-6(10-7)5(9)3-4-11/h1-2,5,10-11H,3-4,9H2/t5-/m1/s1. The quantitative estimate of drug-likeness (QED) is 0.642. The van der Waals surface area contributed by atoms with Gasteiger partial charge in [-0.3, -0.25) is 0 Å². The van der Waals surface area contributed by atoms with Crippen molar-refractivity contribution in [2.45, 2.75) is 12.5 Å². The number of hydrogen-bond donors (Lipinski definition) is 3. The van der Waals surface area contributed by atoms with Crippen LogP contribution < -0.4 is 5.73 Å². The summed E-state index contributed by atoms with van der Waals surface area (Å²) in [6, 6.07) is 3.42. The number of aliphatic hydroxyl groups is 1. The Kier molecular flexibility index (Phi) is 2.93. The van der Waals surface area contributed by atoms with Gasteiger partial charge < -0.3 is 15.8 Å². The highest BCUT2D eigenvalue weighted by molar-refractivity contribution is 6.29. The molecule has 0 aliphatic carbocycles. The smallest absolute Gasteiger partial charge is 0.106 e. The molecule has 0 fully saturated rings. The predicted molar refractivity (Wildman–Crippen MR) is 44.4 cm³/mol. The summed E-state index contributed by atoms with van der Waals surface area (Å²) in [7, 11) is 0. The van der Waals surface area contributed by atoms with Crippen LogP contribution in [-0.2, 0) is 0 Å². The lowest BCUT2D eigenvalue weighted by Crippen LogP contribution is -2.11. The second-order valence-corrected chi connectivity index (χ2v) is 2.79. The average molecular weight is 175 g/mol. The van der Waals surface area contributed by atoms with Crippen LogP contribution in [0.3, 0.4) is 0 Å². The van der Waals surface area contributed by atoms with Crippen LogP contribution in [-0.4, -0.2) is 16.7 Å². The van der Waals surface area contributed by atoms with Gasteiger partial charge in [0.15, 0.2) is 0 Å². The van der Waals surface area contributed by atoms with Crippen molar-refractivity contribution in [2.75, 3.05) is 6.61 Å². The summed E-state index contributed by atoms with van der Waals surface area (Å²) in [4.78, 5) is 2.89. The van der Waals surface area contributed by atoms with Crippen molar-refractivity contribution < 1.29 is 5.11 Å². The zero-order chi connectivity index (χ0) is 8.27. The van der Waals surface area contributed by atoms with Gasteiger partial charge in [0.25, 0.3) is 0 Å². The zero-order valence-electron chi connectivity index (χ0n) is 6.05. The number of H-pyrrole nitrogens is 1. The van der Waals surface area contributed by atoms with E-state index in [9.17, 15) is 0 Å². The molecular formula is C7H11ClN2O. The molecule has 0 unspecified atom stereocenters. The maximum Gasteiger partial charge on any atom is 0.106 e. The summed E-state index contributed by atoms with van der Waals surface area (Å²) in [6.07, 6.45) is 0.552. The minimum absolute atomic E-state index is 0.0950. The number of hydrogen-bond acceptors (Lipinski definition) is 2. The van der Waals surface area contributed by atoms with Gasteiger partial charge in [0.2, 0.25) is 0 Å². The lowest BCUT2D eigenvalue weighted by Gasteiger charge is -2.06. The zero-order valence-corrected chi connectivity index (χ0v) is 6.80. The van der Waals surface area contributed by atoms with E-state index in [1.807, 2.05) is 6.07 Å². The van der Waals surface area contributed by atoms with Crippen molar-refractivity contribution in [3.8, 4) is 0 Å². The van der Waals surface area contributed by atoms with Gasteiger partial charge in [-0.2, -0.15) is 0 Å². The first-order valence-corrected chi connectivity index (χ1v) is 3.82. The number of aliphatic hydroxyl groups excluding tert-OH is 1. The molecule has 0 saturated heterocycles. The summed E-state index contributed by atoms with van der Waals surface area (Å²) in [5.41, 5.74) is 6.53. The highest BCUT2D eigenvalue weighted by atomic mass is 35.5. The fourth-order valence-corrected chi connectivity index (χ4v) is 1.07. The molecule has 1 aromatic heterocycles. The molecule has 1 heterocycles. The Balaban J connectivity index is 2.60. The van der Waals surface area contributed by atoms with Gasteiger partial charge in [-0.1, -0.05) is 11.6 Å². The summed E-state index contributed by atoms with van der Waals surface area (Å²) < 4.78 is 0. The molecule has 62 valence electrons. The highest BCUT2D eigenvalue weighted by Gasteiger charge is 2.05. The number of nitrogens with two attached hydrogens (primary N) is 1. The molecule has 1 rings (SSSR count). The molecule has 0 aliphatic heterocycles. The van der Waals surface area contributed by atoms with Gasteiger partial charge in [-0.25, -0.2) is 0 Å². The fraction of sp³-hybridized carbons (Fsp3) is 0.429. The average Bonchev–Trinajstić information content (AvgIpc) is 2.36. The topological polar surface area (TPSA) is 62.0 Å². The third-order valence-corrected chi connectivity index (χ3v) is 1.73. The minimum Gasteiger partial charge on any atom is -0.396 e.